The average molecular weight is 1230 g/mol. The predicted octanol–water partition coefficient (Wildman–Crippen LogP) is 14.9. The fourth-order valence-electron chi connectivity index (χ4n) is 14.0. The molecule has 6 aromatic rings. The van der Waals surface area contributed by atoms with Crippen molar-refractivity contribution in [3.8, 4) is 17.6 Å². The molecule has 3 N–H and O–H groups in total. The van der Waals surface area contributed by atoms with Gasteiger partial charge in [0.25, 0.3) is 0 Å². The molecule has 5 saturated carbocycles. The van der Waals surface area contributed by atoms with Crippen molar-refractivity contribution in [1.82, 2.24) is 29.9 Å². The third kappa shape index (κ3) is 18.8. The van der Waals surface area contributed by atoms with E-state index in [0.717, 1.165) is 114 Å². The molecule has 3 saturated heterocycles. The molecule has 484 valence electrons. The zero-order valence-electron chi connectivity index (χ0n) is 54.3. The van der Waals surface area contributed by atoms with Gasteiger partial charge in [0.1, 0.15) is 0 Å². The molecule has 2 atom stereocenters. The number of anilines is 9. The molecule has 6 heterocycles. The molecular weight excluding hydrogens is 1130 g/mol. The van der Waals surface area contributed by atoms with E-state index in [1.807, 2.05) is 18.2 Å². The molecule has 0 unspecified atom stereocenters. The summed E-state index contributed by atoms with van der Waals surface area (Å²) < 4.78 is 34.8. The Hall–Kier alpha value is -7.02. The highest BCUT2D eigenvalue weighted by molar-refractivity contribution is 5.62. The summed E-state index contributed by atoms with van der Waals surface area (Å²) in [6.45, 7) is 22.3. The molecule has 18 heteroatoms. The van der Waals surface area contributed by atoms with Gasteiger partial charge >= 0.3 is 0 Å². The summed E-state index contributed by atoms with van der Waals surface area (Å²) in [4.78, 5) is 33.8. The topological polar surface area (TPSA) is 179 Å². The van der Waals surface area contributed by atoms with Crippen LogP contribution in [0, 0.1) is 34.5 Å². The second-order valence-electron chi connectivity index (χ2n) is 26.8. The van der Waals surface area contributed by atoms with Crippen LogP contribution in [0.4, 0.5) is 52.0 Å². The normalized spacial score (nSPS) is 25.8. The minimum Gasteiger partial charge on any atom is -0.477 e. The van der Waals surface area contributed by atoms with E-state index in [1.165, 1.54) is 120 Å². The Bertz CT molecular complexity index is 3060. The van der Waals surface area contributed by atoms with Gasteiger partial charge < -0.3 is 59.1 Å². The Labute approximate surface area is 535 Å². The first-order valence-electron chi connectivity index (χ1n) is 34.0. The Balaban J connectivity index is 0.000000139. The summed E-state index contributed by atoms with van der Waals surface area (Å²) >= 11 is 0. The summed E-state index contributed by atoms with van der Waals surface area (Å²) in [5.41, 5.74) is 7.50. The SMILES string of the molecule is CC12CCC(COc3ccnc(Nc4ccc(N5CCOCC5)cc4)n3)(CC1)CC2.CCC1CCC(COc2ccnc(Nc3ccc(N4CCOCC4)cc3)n2)CC1.CCC1CCC(COc2ccnc(Nc3ccc(N4C[C@@H](C)O[C@@H](C)C4)cc3)n2)CC1. The maximum Gasteiger partial charge on any atom is 0.230 e. The van der Waals surface area contributed by atoms with Gasteiger partial charge in [0, 0.05) is 116 Å². The van der Waals surface area contributed by atoms with Gasteiger partial charge in [-0.25, -0.2) is 15.0 Å². The number of benzene rings is 3. The van der Waals surface area contributed by atoms with Crippen molar-refractivity contribution in [3.63, 3.8) is 0 Å². The van der Waals surface area contributed by atoms with Crippen LogP contribution in [-0.2, 0) is 14.2 Å². The largest absolute Gasteiger partial charge is 0.477 e. The molecule has 0 radical (unpaired) electrons. The van der Waals surface area contributed by atoms with Gasteiger partial charge in [-0.15, -0.1) is 0 Å². The monoisotopic (exact) mass is 1230 g/mol. The molecule has 14 rings (SSSR count). The minimum atomic E-state index is 0.249. The molecule has 2 bridgehead atoms. The number of fused-ring (bicyclic) bond motifs is 3. The van der Waals surface area contributed by atoms with Crippen molar-refractivity contribution in [2.75, 3.05) is 116 Å². The van der Waals surface area contributed by atoms with Crippen LogP contribution < -0.4 is 44.9 Å². The zero-order valence-corrected chi connectivity index (χ0v) is 54.3. The molecule has 8 fully saturated rings. The molecule has 3 aromatic carbocycles. The van der Waals surface area contributed by atoms with Crippen LogP contribution in [0.2, 0.25) is 0 Å². The molecule has 90 heavy (non-hydrogen) atoms. The van der Waals surface area contributed by atoms with E-state index in [9.17, 15) is 0 Å². The molecule has 8 aliphatic rings. The lowest BCUT2D eigenvalue weighted by atomic mass is 9.55. The average Bonchev–Trinajstić information content (AvgIpc) is 0.972. The van der Waals surface area contributed by atoms with E-state index >= 15 is 0 Å². The van der Waals surface area contributed by atoms with Crippen molar-refractivity contribution in [3.05, 3.63) is 110 Å². The first-order valence-corrected chi connectivity index (χ1v) is 34.0. The summed E-state index contributed by atoms with van der Waals surface area (Å²) in [5.74, 6) is 6.76. The number of ether oxygens (including phenoxy) is 6. The van der Waals surface area contributed by atoms with Crippen LogP contribution in [0.3, 0.4) is 0 Å². The van der Waals surface area contributed by atoms with Crippen LogP contribution >= 0.6 is 0 Å². The van der Waals surface area contributed by atoms with Crippen molar-refractivity contribution in [2.24, 2.45) is 34.5 Å². The summed E-state index contributed by atoms with van der Waals surface area (Å²) in [6.07, 6.45) is 26.7. The molecule has 0 amide bonds. The van der Waals surface area contributed by atoms with E-state index in [2.05, 4.69) is 168 Å². The predicted molar refractivity (Wildman–Crippen MR) is 360 cm³/mol. The third-order valence-corrected chi connectivity index (χ3v) is 20.1. The smallest absolute Gasteiger partial charge is 0.230 e. The quantitative estimate of drug-likeness (QED) is 0.0657. The van der Waals surface area contributed by atoms with E-state index in [-0.39, 0.29) is 12.2 Å². The van der Waals surface area contributed by atoms with Crippen LogP contribution in [-0.4, -0.2) is 128 Å². The van der Waals surface area contributed by atoms with Gasteiger partial charge in [0.15, 0.2) is 0 Å². The van der Waals surface area contributed by atoms with Gasteiger partial charge in [0.05, 0.1) is 58.5 Å². The fourth-order valence-corrected chi connectivity index (χ4v) is 14.0. The Morgan fingerprint density at radius 2 is 0.789 bits per heavy atom. The van der Waals surface area contributed by atoms with E-state index in [4.69, 9.17) is 28.4 Å². The van der Waals surface area contributed by atoms with Gasteiger partial charge in [0.2, 0.25) is 35.5 Å². The van der Waals surface area contributed by atoms with Crippen LogP contribution in [0.1, 0.15) is 137 Å². The molecule has 3 aromatic heterocycles. The van der Waals surface area contributed by atoms with Gasteiger partial charge in [-0.05, 0) is 180 Å². The standard InChI is InChI=1S/C25H36N4O2.C24H32N4O2.C23H32N4O2/c1-4-20-5-7-21(8-6-20)17-30-24-13-14-26-25(28-24)27-22-9-11-23(12-10-22)29-15-18(2)31-19(3)16-29;1-23-7-10-24(11-8-23,12-9-23)18-30-21-6-13-25-22(27-21)26-19-2-4-20(5-3-19)28-14-16-29-17-15-28;1-2-18-3-5-19(6-4-18)17-29-22-11-12-24-23(26-22)25-20-7-9-21(10-8-20)27-13-15-28-16-14-27/h9-14,18-21H,4-8,15-17H2,1-3H3,(H,26,27,28);2-6,13H,7-12,14-18H2,1H3,(H,25,26,27);7-12,18-19H,2-6,13-17H2,1H3,(H,24,25,26)/t18-,19+,20?,21?;;. The van der Waals surface area contributed by atoms with E-state index in [0.29, 0.717) is 58.2 Å². The van der Waals surface area contributed by atoms with Crippen molar-refractivity contribution in [2.45, 2.75) is 150 Å². The maximum atomic E-state index is 6.16. The number of nitrogens with zero attached hydrogens (tertiary/aromatic N) is 9. The number of hydrogen-bond donors (Lipinski definition) is 3. The first kappa shape index (κ1) is 64.5. The summed E-state index contributed by atoms with van der Waals surface area (Å²) in [6, 6.07) is 30.7. The second-order valence-corrected chi connectivity index (χ2v) is 26.8. The minimum absolute atomic E-state index is 0.249. The lowest BCUT2D eigenvalue weighted by Gasteiger charge is -2.51. The Morgan fingerprint density at radius 3 is 1.16 bits per heavy atom. The highest BCUT2D eigenvalue weighted by Crippen LogP contribution is 2.56. The fraction of sp³-hybridized carbons (Fsp3) is 0.583. The number of nitrogens with one attached hydrogen (secondary N) is 3. The summed E-state index contributed by atoms with van der Waals surface area (Å²) in [5, 5.41) is 9.88. The number of morpholine rings is 3. The maximum absolute atomic E-state index is 6.16. The zero-order chi connectivity index (χ0) is 62.0. The van der Waals surface area contributed by atoms with Gasteiger partial charge in [-0.2, -0.15) is 15.0 Å². The number of hydrogen-bond acceptors (Lipinski definition) is 18. The number of aromatic nitrogens is 6. The highest BCUT2D eigenvalue weighted by Gasteiger charge is 2.46. The first-order chi connectivity index (χ1) is 44.0. The number of rotatable bonds is 20. The van der Waals surface area contributed by atoms with Crippen LogP contribution in [0.15, 0.2) is 110 Å². The second kappa shape index (κ2) is 31.8. The molecule has 0 spiro atoms. The lowest BCUT2D eigenvalue weighted by molar-refractivity contribution is -0.0273. The van der Waals surface area contributed by atoms with E-state index < -0.39 is 0 Å². The molecule has 5 aliphatic carbocycles. The van der Waals surface area contributed by atoms with Gasteiger partial charge in [-0.1, -0.05) is 59.3 Å². The highest BCUT2D eigenvalue weighted by atomic mass is 16.5. The van der Waals surface area contributed by atoms with Crippen molar-refractivity contribution >= 4 is 52.0 Å². The molecule has 18 nitrogen and oxygen atoms in total. The van der Waals surface area contributed by atoms with E-state index in [1.54, 1.807) is 18.6 Å². The Morgan fingerprint density at radius 1 is 0.444 bits per heavy atom. The summed E-state index contributed by atoms with van der Waals surface area (Å²) in [7, 11) is 0. The van der Waals surface area contributed by atoms with Crippen LogP contribution in [0.25, 0.3) is 0 Å². The van der Waals surface area contributed by atoms with Crippen LogP contribution in [0.5, 0.6) is 17.6 Å². The molecular formula is C72H100N12O6. The van der Waals surface area contributed by atoms with Crippen molar-refractivity contribution < 1.29 is 28.4 Å². The van der Waals surface area contributed by atoms with Crippen molar-refractivity contribution in [1.29, 1.82) is 0 Å². The Kier molecular flexibility index (Phi) is 22.8. The van der Waals surface area contributed by atoms with Gasteiger partial charge in [-0.3, -0.25) is 0 Å². The molecule has 3 aliphatic heterocycles. The third-order valence-electron chi connectivity index (χ3n) is 20.1. The lowest BCUT2D eigenvalue weighted by Crippen LogP contribution is -2.45.